The topological polar surface area (TPSA) is 103 Å². The molecule has 0 saturated carbocycles. The monoisotopic (exact) mass is 451 g/mol. The van der Waals surface area contributed by atoms with Gasteiger partial charge in [-0.25, -0.2) is 9.78 Å². The van der Waals surface area contributed by atoms with Crippen LogP contribution in [0.4, 0.5) is 0 Å². The van der Waals surface area contributed by atoms with E-state index < -0.39 is 17.2 Å². The lowest BCUT2D eigenvalue weighted by Crippen LogP contribution is -2.31. The Kier molecular flexibility index (Phi) is 5.87. The Labute approximate surface area is 165 Å². The summed E-state index contributed by atoms with van der Waals surface area (Å²) < 4.78 is 12.5. The van der Waals surface area contributed by atoms with Crippen LogP contribution in [0.5, 0.6) is 5.75 Å². The molecule has 1 aromatic carbocycles. The molecule has 0 bridgehead atoms. The number of thiazole rings is 1. The van der Waals surface area contributed by atoms with E-state index in [0.717, 1.165) is 25.7 Å². The molecular formula is C17H14BrN3O5S. The second-order valence-corrected chi connectivity index (χ2v) is 7.16. The summed E-state index contributed by atoms with van der Waals surface area (Å²) in [6, 6.07) is 6.77. The van der Waals surface area contributed by atoms with Crippen LogP contribution in [0.1, 0.15) is 5.69 Å². The highest BCUT2D eigenvalue weighted by atomic mass is 79.9. The summed E-state index contributed by atoms with van der Waals surface area (Å²) in [7, 11) is 1.59. The van der Waals surface area contributed by atoms with Gasteiger partial charge in [-0.15, -0.1) is 11.3 Å². The number of hydrogen-bond donors (Lipinski definition) is 1. The molecule has 140 valence electrons. The number of hydrogen-bond acceptors (Lipinski definition) is 7. The van der Waals surface area contributed by atoms with Crippen molar-refractivity contribution in [2.24, 2.45) is 0 Å². The van der Waals surface area contributed by atoms with Crippen LogP contribution in [0.25, 0.3) is 10.6 Å². The zero-order valence-corrected chi connectivity index (χ0v) is 16.5. The maximum absolute atomic E-state index is 11.9. The Bertz CT molecular complexity index is 1090. The Morgan fingerprint density at radius 3 is 2.89 bits per heavy atom. The number of esters is 1. The van der Waals surface area contributed by atoms with Crippen molar-refractivity contribution in [3.63, 3.8) is 0 Å². The van der Waals surface area contributed by atoms with Crippen LogP contribution < -0.4 is 16.0 Å². The van der Waals surface area contributed by atoms with Crippen LogP contribution in [-0.4, -0.2) is 27.6 Å². The fourth-order valence-electron chi connectivity index (χ4n) is 2.25. The minimum Gasteiger partial charge on any atom is -0.496 e. The molecule has 0 aliphatic rings. The van der Waals surface area contributed by atoms with Crippen molar-refractivity contribution in [3.8, 4) is 16.3 Å². The summed E-state index contributed by atoms with van der Waals surface area (Å²) in [5.41, 5.74) is 0.216. The standard InChI is InChI=1S/C17H14BrN3O5S/c1-25-13-3-2-10(18)6-12(13)16-19-11(9-27-16)8-26-15(23)7-21-5-4-14(22)20-17(21)24/h2-6,9H,7-8H2,1H3,(H,20,22,24). The quantitative estimate of drug-likeness (QED) is 0.576. The Balaban J connectivity index is 1.66. The largest absolute Gasteiger partial charge is 0.496 e. The SMILES string of the molecule is COc1ccc(Br)cc1-c1nc(COC(=O)Cn2ccc(=O)[nH]c2=O)cs1. The van der Waals surface area contributed by atoms with Crippen LogP contribution in [0.15, 0.2) is 49.9 Å². The molecule has 0 spiro atoms. The van der Waals surface area contributed by atoms with Crippen LogP contribution in [0.2, 0.25) is 0 Å². The minimum atomic E-state index is -0.669. The molecule has 27 heavy (non-hydrogen) atoms. The first-order valence-corrected chi connectivity index (χ1v) is 9.37. The van der Waals surface area contributed by atoms with E-state index in [1.807, 2.05) is 18.2 Å². The third-order valence-corrected chi connectivity index (χ3v) is 4.94. The number of aromatic amines is 1. The summed E-state index contributed by atoms with van der Waals surface area (Å²) in [5, 5.41) is 2.52. The number of ether oxygens (including phenoxy) is 2. The normalized spacial score (nSPS) is 10.6. The lowest BCUT2D eigenvalue weighted by atomic mass is 10.2. The molecule has 2 heterocycles. The maximum Gasteiger partial charge on any atom is 0.328 e. The second kappa shape index (κ2) is 8.31. The van der Waals surface area contributed by atoms with Crippen molar-refractivity contribution >= 4 is 33.2 Å². The lowest BCUT2D eigenvalue weighted by Gasteiger charge is -2.06. The molecule has 8 nitrogen and oxygen atoms in total. The molecule has 0 unspecified atom stereocenters. The van der Waals surface area contributed by atoms with Gasteiger partial charge in [-0.1, -0.05) is 15.9 Å². The van der Waals surface area contributed by atoms with Gasteiger partial charge < -0.3 is 9.47 Å². The van der Waals surface area contributed by atoms with Gasteiger partial charge in [0, 0.05) is 22.1 Å². The molecule has 3 aromatic rings. The molecule has 2 aromatic heterocycles. The summed E-state index contributed by atoms with van der Waals surface area (Å²) in [4.78, 5) is 41.0. The van der Waals surface area contributed by atoms with Crippen LogP contribution in [-0.2, 0) is 22.7 Å². The predicted octanol–water partition coefficient (Wildman–Crippen LogP) is 2.17. The van der Waals surface area contributed by atoms with Crippen molar-refractivity contribution < 1.29 is 14.3 Å². The molecule has 0 aliphatic heterocycles. The first-order valence-electron chi connectivity index (χ1n) is 7.70. The molecule has 0 atom stereocenters. The van der Waals surface area contributed by atoms with E-state index in [0.29, 0.717) is 11.4 Å². The molecule has 0 fully saturated rings. The van der Waals surface area contributed by atoms with Crippen molar-refractivity contribution in [3.05, 3.63) is 66.8 Å². The van der Waals surface area contributed by atoms with E-state index in [9.17, 15) is 14.4 Å². The van der Waals surface area contributed by atoms with Gasteiger partial charge in [0.1, 0.15) is 23.9 Å². The highest BCUT2D eigenvalue weighted by Crippen LogP contribution is 2.34. The number of benzene rings is 1. The van der Waals surface area contributed by atoms with E-state index in [2.05, 4.69) is 25.9 Å². The van der Waals surface area contributed by atoms with E-state index in [1.54, 1.807) is 12.5 Å². The lowest BCUT2D eigenvalue weighted by molar-refractivity contribution is -0.145. The summed E-state index contributed by atoms with van der Waals surface area (Å²) in [6.07, 6.45) is 1.24. The number of halogens is 1. The number of aromatic nitrogens is 3. The molecule has 3 rings (SSSR count). The van der Waals surface area contributed by atoms with Crippen LogP contribution in [0, 0.1) is 0 Å². The fraction of sp³-hybridized carbons (Fsp3) is 0.176. The number of H-pyrrole nitrogens is 1. The fourth-order valence-corrected chi connectivity index (χ4v) is 3.44. The average Bonchev–Trinajstić information content (AvgIpc) is 3.11. The number of methoxy groups -OCH3 is 1. The number of carbonyl (C=O) groups excluding carboxylic acids is 1. The molecular weight excluding hydrogens is 438 g/mol. The minimum absolute atomic E-state index is 0.0241. The number of rotatable bonds is 6. The Morgan fingerprint density at radius 1 is 1.33 bits per heavy atom. The van der Waals surface area contributed by atoms with Crippen LogP contribution >= 0.6 is 27.3 Å². The molecule has 0 radical (unpaired) electrons. The summed E-state index contributed by atoms with van der Waals surface area (Å²) >= 11 is 4.83. The summed E-state index contributed by atoms with van der Waals surface area (Å²) in [6.45, 7) is -0.324. The van der Waals surface area contributed by atoms with E-state index in [-0.39, 0.29) is 13.2 Å². The Morgan fingerprint density at radius 2 is 2.15 bits per heavy atom. The van der Waals surface area contributed by atoms with Crippen molar-refractivity contribution in [2.45, 2.75) is 13.2 Å². The van der Waals surface area contributed by atoms with Gasteiger partial charge in [-0.2, -0.15) is 0 Å². The van der Waals surface area contributed by atoms with Crippen molar-refractivity contribution in [2.75, 3.05) is 7.11 Å². The predicted molar refractivity (Wildman–Crippen MR) is 103 cm³/mol. The maximum atomic E-state index is 11.9. The molecule has 0 saturated heterocycles. The Hall–Kier alpha value is -2.72. The first kappa shape index (κ1) is 19.1. The highest BCUT2D eigenvalue weighted by Gasteiger charge is 2.13. The number of nitrogens with one attached hydrogen (secondary N) is 1. The zero-order chi connectivity index (χ0) is 19.4. The smallest absolute Gasteiger partial charge is 0.328 e. The number of carbonyl (C=O) groups is 1. The average molecular weight is 452 g/mol. The van der Waals surface area contributed by atoms with Gasteiger partial charge in [-0.05, 0) is 18.2 Å². The zero-order valence-electron chi connectivity index (χ0n) is 14.1. The molecule has 0 amide bonds. The third-order valence-electron chi connectivity index (χ3n) is 3.52. The van der Waals surface area contributed by atoms with Gasteiger partial charge in [0.25, 0.3) is 5.56 Å². The van der Waals surface area contributed by atoms with E-state index in [4.69, 9.17) is 9.47 Å². The van der Waals surface area contributed by atoms with Gasteiger partial charge in [0.15, 0.2) is 0 Å². The van der Waals surface area contributed by atoms with Gasteiger partial charge >= 0.3 is 11.7 Å². The highest BCUT2D eigenvalue weighted by molar-refractivity contribution is 9.10. The van der Waals surface area contributed by atoms with Gasteiger partial charge in [0.2, 0.25) is 0 Å². The molecule has 1 N–H and O–H groups in total. The van der Waals surface area contributed by atoms with Gasteiger partial charge in [-0.3, -0.25) is 19.1 Å². The van der Waals surface area contributed by atoms with E-state index >= 15 is 0 Å². The van der Waals surface area contributed by atoms with Crippen molar-refractivity contribution in [1.29, 1.82) is 0 Å². The van der Waals surface area contributed by atoms with Crippen molar-refractivity contribution in [1.82, 2.24) is 14.5 Å². The first-order chi connectivity index (χ1) is 13.0. The second-order valence-electron chi connectivity index (χ2n) is 5.39. The van der Waals surface area contributed by atoms with Crippen LogP contribution in [0.3, 0.4) is 0 Å². The molecule has 10 heteroatoms. The van der Waals surface area contributed by atoms with Gasteiger partial charge in [0.05, 0.1) is 18.4 Å². The van der Waals surface area contributed by atoms with E-state index in [1.165, 1.54) is 17.5 Å². The third kappa shape index (κ3) is 4.72. The summed E-state index contributed by atoms with van der Waals surface area (Å²) in [5.74, 6) is 0.0762. The number of nitrogens with zero attached hydrogens (tertiary/aromatic N) is 2. The molecule has 0 aliphatic carbocycles.